The molecule has 12 heteroatoms. The Bertz CT molecular complexity index is 1150. The van der Waals surface area contributed by atoms with E-state index in [1.165, 1.54) is 0 Å². The SMILES string of the molecule is O=C(CSc1nnc([C@@H]2CCS(=O)(=O)C2)o1)N(Cc1ccccc1)[C@@H]1CCS(=O)(=O)C1. The summed E-state index contributed by atoms with van der Waals surface area (Å²) in [6, 6.07) is 9.07. The van der Waals surface area contributed by atoms with Crippen molar-refractivity contribution in [1.82, 2.24) is 15.1 Å². The first-order chi connectivity index (χ1) is 14.7. The number of hydrogen-bond donors (Lipinski definition) is 0. The zero-order valence-corrected chi connectivity index (χ0v) is 19.2. The molecule has 0 N–H and O–H groups in total. The van der Waals surface area contributed by atoms with Crippen LogP contribution in [0.3, 0.4) is 0 Å². The number of rotatable bonds is 7. The van der Waals surface area contributed by atoms with Crippen LogP contribution in [0, 0.1) is 0 Å². The second kappa shape index (κ2) is 8.91. The van der Waals surface area contributed by atoms with Gasteiger partial charge in [0.05, 0.1) is 34.7 Å². The third-order valence-corrected chi connectivity index (χ3v) is 9.81. The number of benzene rings is 1. The maximum absolute atomic E-state index is 13.0. The fourth-order valence-electron chi connectivity index (χ4n) is 3.86. The van der Waals surface area contributed by atoms with Crippen molar-refractivity contribution in [2.75, 3.05) is 28.8 Å². The number of amides is 1. The van der Waals surface area contributed by atoms with E-state index < -0.39 is 19.7 Å². The van der Waals surface area contributed by atoms with E-state index in [2.05, 4.69) is 10.2 Å². The van der Waals surface area contributed by atoms with Gasteiger partial charge in [-0.3, -0.25) is 4.79 Å². The molecule has 2 aliphatic rings. The molecule has 0 spiro atoms. The van der Waals surface area contributed by atoms with Gasteiger partial charge in [-0.1, -0.05) is 42.1 Å². The first-order valence-corrected chi connectivity index (χ1v) is 14.5. The van der Waals surface area contributed by atoms with E-state index in [-0.39, 0.29) is 57.7 Å². The normalized spacial score (nSPS) is 24.3. The maximum Gasteiger partial charge on any atom is 0.277 e. The second-order valence-corrected chi connectivity index (χ2v) is 13.2. The van der Waals surface area contributed by atoms with Crippen LogP contribution in [0.2, 0.25) is 0 Å². The topological polar surface area (TPSA) is 128 Å². The van der Waals surface area contributed by atoms with Gasteiger partial charge in [-0.25, -0.2) is 16.8 Å². The summed E-state index contributed by atoms with van der Waals surface area (Å²) in [7, 11) is -6.20. The average molecular weight is 486 g/mol. The zero-order valence-electron chi connectivity index (χ0n) is 16.7. The Balaban J connectivity index is 1.42. The Morgan fingerprint density at radius 1 is 1.03 bits per heavy atom. The first kappa shape index (κ1) is 22.3. The van der Waals surface area contributed by atoms with Crippen LogP contribution in [0.4, 0.5) is 0 Å². The number of thioether (sulfide) groups is 1. The summed E-state index contributed by atoms with van der Waals surface area (Å²) in [5, 5.41) is 8.07. The van der Waals surface area contributed by atoms with E-state index >= 15 is 0 Å². The van der Waals surface area contributed by atoms with Gasteiger partial charge in [-0.2, -0.15) is 0 Å². The molecule has 0 saturated carbocycles. The van der Waals surface area contributed by atoms with Crippen molar-refractivity contribution in [3.05, 3.63) is 41.8 Å². The molecule has 2 fully saturated rings. The molecule has 2 atom stereocenters. The molecule has 4 rings (SSSR count). The van der Waals surface area contributed by atoms with Gasteiger partial charge in [0.25, 0.3) is 5.22 Å². The standard InChI is InChI=1S/C19H23N3O6S3/c23-17(11-29-19-21-20-18(28-19)15-6-8-30(24,25)12-15)22(10-14-4-2-1-3-5-14)16-7-9-31(26,27)13-16/h1-5,15-16H,6-13H2/t15-,16-/m1/s1. The highest BCUT2D eigenvalue weighted by atomic mass is 32.2. The minimum atomic E-state index is -3.14. The van der Waals surface area contributed by atoms with Crippen LogP contribution in [0.25, 0.3) is 0 Å². The lowest BCUT2D eigenvalue weighted by molar-refractivity contribution is -0.130. The molecule has 0 radical (unpaired) electrons. The van der Waals surface area contributed by atoms with Gasteiger partial charge in [0.2, 0.25) is 11.8 Å². The minimum Gasteiger partial charge on any atom is -0.416 e. The smallest absolute Gasteiger partial charge is 0.277 e. The third kappa shape index (κ3) is 5.66. The molecule has 9 nitrogen and oxygen atoms in total. The Morgan fingerprint density at radius 2 is 1.74 bits per heavy atom. The van der Waals surface area contributed by atoms with Gasteiger partial charge in [0.15, 0.2) is 19.7 Å². The van der Waals surface area contributed by atoms with Crippen LogP contribution in [0.15, 0.2) is 40.0 Å². The highest BCUT2D eigenvalue weighted by Gasteiger charge is 2.35. The molecule has 1 aromatic carbocycles. The Morgan fingerprint density at radius 3 is 2.39 bits per heavy atom. The summed E-state index contributed by atoms with van der Waals surface area (Å²) in [5.41, 5.74) is 0.924. The maximum atomic E-state index is 13.0. The molecule has 168 valence electrons. The Labute approximate surface area is 185 Å². The van der Waals surface area contributed by atoms with Crippen molar-refractivity contribution in [2.24, 2.45) is 0 Å². The van der Waals surface area contributed by atoms with Crippen LogP contribution < -0.4 is 0 Å². The van der Waals surface area contributed by atoms with Gasteiger partial charge in [-0.05, 0) is 18.4 Å². The van der Waals surface area contributed by atoms with Crippen molar-refractivity contribution >= 4 is 37.3 Å². The number of carbonyl (C=O) groups is 1. The summed E-state index contributed by atoms with van der Waals surface area (Å²) >= 11 is 1.08. The molecule has 1 aromatic heterocycles. The number of sulfone groups is 2. The van der Waals surface area contributed by atoms with Crippen molar-refractivity contribution in [1.29, 1.82) is 0 Å². The predicted octanol–water partition coefficient (Wildman–Crippen LogP) is 1.28. The largest absolute Gasteiger partial charge is 0.416 e. The van der Waals surface area contributed by atoms with Crippen LogP contribution in [0.1, 0.15) is 30.2 Å². The zero-order chi connectivity index (χ0) is 22.1. The van der Waals surface area contributed by atoms with Crippen LogP contribution in [-0.4, -0.2) is 72.6 Å². The number of nitrogens with zero attached hydrogens (tertiary/aromatic N) is 3. The number of aromatic nitrogens is 2. The Kier molecular flexibility index (Phi) is 6.40. The molecule has 0 bridgehead atoms. The summed E-state index contributed by atoms with van der Waals surface area (Å²) in [6.07, 6.45) is 0.876. The molecule has 0 unspecified atom stereocenters. The van der Waals surface area contributed by atoms with E-state index in [0.717, 1.165) is 17.3 Å². The van der Waals surface area contributed by atoms with Crippen molar-refractivity contribution in [2.45, 2.75) is 36.6 Å². The summed E-state index contributed by atoms with van der Waals surface area (Å²) < 4.78 is 52.8. The molecular formula is C19H23N3O6S3. The van der Waals surface area contributed by atoms with E-state index in [0.29, 0.717) is 19.4 Å². The average Bonchev–Trinajstić information content (AvgIpc) is 3.43. The highest BCUT2D eigenvalue weighted by molar-refractivity contribution is 7.99. The molecular weight excluding hydrogens is 462 g/mol. The van der Waals surface area contributed by atoms with Crippen LogP contribution in [0.5, 0.6) is 0 Å². The summed E-state index contributed by atoms with van der Waals surface area (Å²) in [6.45, 7) is 0.329. The molecule has 3 heterocycles. The summed E-state index contributed by atoms with van der Waals surface area (Å²) in [5.74, 6) is -0.0517. The first-order valence-electron chi connectivity index (χ1n) is 9.91. The van der Waals surface area contributed by atoms with E-state index in [9.17, 15) is 21.6 Å². The molecule has 1 amide bonds. The van der Waals surface area contributed by atoms with Crippen molar-refractivity contribution < 1.29 is 26.0 Å². The second-order valence-electron chi connectivity index (χ2n) is 7.86. The highest BCUT2D eigenvalue weighted by Crippen LogP contribution is 2.30. The van der Waals surface area contributed by atoms with Gasteiger partial charge < -0.3 is 9.32 Å². The lowest BCUT2D eigenvalue weighted by Gasteiger charge is -2.28. The Hall–Kier alpha value is -1.92. The van der Waals surface area contributed by atoms with Gasteiger partial charge in [0, 0.05) is 12.6 Å². The molecule has 2 aromatic rings. The van der Waals surface area contributed by atoms with Gasteiger partial charge in [0.1, 0.15) is 0 Å². The minimum absolute atomic E-state index is 0.000756. The molecule has 2 saturated heterocycles. The van der Waals surface area contributed by atoms with E-state index in [4.69, 9.17) is 4.42 Å². The van der Waals surface area contributed by atoms with Gasteiger partial charge in [-0.15, -0.1) is 10.2 Å². The quantitative estimate of drug-likeness (QED) is 0.533. The number of carbonyl (C=O) groups excluding carboxylic acids is 1. The summed E-state index contributed by atoms with van der Waals surface area (Å²) in [4.78, 5) is 14.6. The van der Waals surface area contributed by atoms with Crippen LogP contribution in [-0.2, 0) is 31.0 Å². The molecule has 0 aliphatic carbocycles. The predicted molar refractivity (Wildman–Crippen MR) is 115 cm³/mol. The fraction of sp³-hybridized carbons (Fsp3) is 0.526. The van der Waals surface area contributed by atoms with Crippen LogP contribution >= 0.6 is 11.8 Å². The van der Waals surface area contributed by atoms with Crippen molar-refractivity contribution in [3.8, 4) is 0 Å². The fourth-order valence-corrected chi connectivity index (χ4v) is 7.98. The van der Waals surface area contributed by atoms with Crippen molar-refractivity contribution in [3.63, 3.8) is 0 Å². The lowest BCUT2D eigenvalue weighted by atomic mass is 10.1. The lowest BCUT2D eigenvalue weighted by Crippen LogP contribution is -2.41. The van der Waals surface area contributed by atoms with E-state index in [1.807, 2.05) is 30.3 Å². The van der Waals surface area contributed by atoms with Gasteiger partial charge >= 0.3 is 0 Å². The molecule has 2 aliphatic heterocycles. The third-order valence-electron chi connectivity index (χ3n) is 5.49. The molecule has 31 heavy (non-hydrogen) atoms. The monoisotopic (exact) mass is 485 g/mol. The van der Waals surface area contributed by atoms with E-state index in [1.54, 1.807) is 4.90 Å². The number of hydrogen-bond acceptors (Lipinski definition) is 9.